The number of hydrogen-bond donors (Lipinski definition) is 1. The molecule has 2 rings (SSSR count). The van der Waals surface area contributed by atoms with Crippen molar-refractivity contribution in [3.8, 4) is 11.5 Å². The first-order chi connectivity index (χ1) is 12.9. The third kappa shape index (κ3) is 5.37. The van der Waals surface area contributed by atoms with Crippen LogP contribution in [-0.2, 0) is 11.3 Å². The maximum absolute atomic E-state index is 12.6. The second-order valence-electron chi connectivity index (χ2n) is 6.41. The molecule has 0 aliphatic carbocycles. The molecule has 0 heterocycles. The molecule has 0 spiro atoms. The molecule has 1 amide bonds. The minimum atomic E-state index is -0.319. The van der Waals surface area contributed by atoms with Crippen molar-refractivity contribution in [3.63, 3.8) is 0 Å². The second-order valence-corrected chi connectivity index (χ2v) is 6.82. The number of hydrogen-bond acceptors (Lipinski definition) is 4. The number of amides is 1. The molecule has 2 aromatic carbocycles. The van der Waals surface area contributed by atoms with Crippen molar-refractivity contribution in [2.75, 3.05) is 26.1 Å². The summed E-state index contributed by atoms with van der Waals surface area (Å²) in [5.41, 5.74) is 2.63. The van der Waals surface area contributed by atoms with E-state index in [-0.39, 0.29) is 11.9 Å². The lowest BCUT2D eigenvalue weighted by atomic mass is 10.1. The average Bonchev–Trinajstić information content (AvgIpc) is 2.66. The number of anilines is 1. The standard InChI is InChI=1S/C21H27ClN2O3/c1-6-27-19-11-10-16(12-20(19)26-5)13-24(4)15(3)21(25)23-18-9-7-8-17(22)14(18)2/h7-12,15H,6,13H2,1-5H3,(H,23,25)/t15-/m1/s1. The number of ether oxygens (including phenoxy) is 2. The van der Waals surface area contributed by atoms with E-state index in [2.05, 4.69) is 5.32 Å². The van der Waals surface area contributed by atoms with Crippen molar-refractivity contribution < 1.29 is 14.3 Å². The zero-order valence-electron chi connectivity index (χ0n) is 16.5. The topological polar surface area (TPSA) is 50.8 Å². The lowest BCUT2D eigenvalue weighted by molar-refractivity contribution is -0.120. The zero-order chi connectivity index (χ0) is 20.0. The number of nitrogens with one attached hydrogen (secondary N) is 1. The number of benzene rings is 2. The van der Waals surface area contributed by atoms with Gasteiger partial charge in [0.25, 0.3) is 0 Å². The molecule has 0 bridgehead atoms. The molecule has 146 valence electrons. The Morgan fingerprint density at radius 1 is 1.26 bits per heavy atom. The first-order valence-corrected chi connectivity index (χ1v) is 9.31. The molecule has 0 saturated carbocycles. The van der Waals surface area contributed by atoms with Gasteiger partial charge in [-0.3, -0.25) is 9.69 Å². The van der Waals surface area contributed by atoms with Gasteiger partial charge in [-0.05, 0) is 63.2 Å². The van der Waals surface area contributed by atoms with Gasteiger partial charge in [-0.15, -0.1) is 0 Å². The summed E-state index contributed by atoms with van der Waals surface area (Å²) in [6.07, 6.45) is 0. The van der Waals surface area contributed by atoms with E-state index < -0.39 is 0 Å². The van der Waals surface area contributed by atoms with Crippen LogP contribution in [0.15, 0.2) is 36.4 Å². The van der Waals surface area contributed by atoms with Crippen LogP contribution in [0, 0.1) is 6.92 Å². The molecular formula is C21H27ClN2O3. The molecule has 0 unspecified atom stereocenters. The van der Waals surface area contributed by atoms with Crippen LogP contribution in [0.5, 0.6) is 11.5 Å². The summed E-state index contributed by atoms with van der Waals surface area (Å²) in [6, 6.07) is 11.0. The Balaban J connectivity index is 2.05. The highest BCUT2D eigenvalue weighted by Gasteiger charge is 2.19. The lowest BCUT2D eigenvalue weighted by Crippen LogP contribution is -2.39. The highest BCUT2D eigenvalue weighted by atomic mass is 35.5. The van der Waals surface area contributed by atoms with Gasteiger partial charge in [0.1, 0.15) is 0 Å². The van der Waals surface area contributed by atoms with Crippen molar-refractivity contribution in [2.24, 2.45) is 0 Å². The van der Waals surface area contributed by atoms with Crippen LogP contribution in [-0.4, -0.2) is 37.6 Å². The summed E-state index contributed by atoms with van der Waals surface area (Å²) in [5.74, 6) is 1.32. The fourth-order valence-corrected chi connectivity index (χ4v) is 2.86. The molecule has 2 aromatic rings. The molecule has 0 radical (unpaired) electrons. The molecule has 1 N–H and O–H groups in total. The molecule has 0 aliphatic rings. The average molecular weight is 391 g/mol. The predicted octanol–water partition coefficient (Wildman–Crippen LogP) is 4.51. The van der Waals surface area contributed by atoms with E-state index >= 15 is 0 Å². The minimum absolute atomic E-state index is 0.0826. The molecule has 0 fully saturated rings. The Morgan fingerprint density at radius 3 is 2.67 bits per heavy atom. The number of carbonyl (C=O) groups is 1. The van der Waals surface area contributed by atoms with E-state index in [0.717, 1.165) is 16.8 Å². The van der Waals surface area contributed by atoms with Gasteiger partial charge < -0.3 is 14.8 Å². The van der Waals surface area contributed by atoms with Gasteiger partial charge in [-0.1, -0.05) is 23.7 Å². The van der Waals surface area contributed by atoms with Crippen molar-refractivity contribution in [2.45, 2.75) is 33.4 Å². The molecular weight excluding hydrogens is 364 g/mol. The third-order valence-corrected chi connectivity index (χ3v) is 4.94. The van der Waals surface area contributed by atoms with E-state index in [0.29, 0.717) is 29.7 Å². The summed E-state index contributed by atoms with van der Waals surface area (Å²) < 4.78 is 10.9. The normalized spacial score (nSPS) is 12.0. The maximum Gasteiger partial charge on any atom is 0.241 e. The summed E-state index contributed by atoms with van der Waals surface area (Å²) in [4.78, 5) is 14.6. The first kappa shape index (κ1) is 21.1. The van der Waals surface area contributed by atoms with E-state index in [1.54, 1.807) is 13.2 Å². The van der Waals surface area contributed by atoms with Crippen molar-refractivity contribution in [1.82, 2.24) is 4.90 Å². The van der Waals surface area contributed by atoms with E-state index in [4.69, 9.17) is 21.1 Å². The Hall–Kier alpha value is -2.24. The van der Waals surface area contributed by atoms with Gasteiger partial charge in [0.05, 0.1) is 19.8 Å². The highest BCUT2D eigenvalue weighted by molar-refractivity contribution is 6.31. The molecule has 0 aromatic heterocycles. The van der Waals surface area contributed by atoms with Crippen LogP contribution in [0.3, 0.4) is 0 Å². The quantitative estimate of drug-likeness (QED) is 0.720. The summed E-state index contributed by atoms with van der Waals surface area (Å²) in [5, 5.41) is 3.59. The van der Waals surface area contributed by atoms with Crippen molar-refractivity contribution in [3.05, 3.63) is 52.5 Å². The number of halogens is 1. The third-order valence-electron chi connectivity index (χ3n) is 4.53. The van der Waals surface area contributed by atoms with Crippen LogP contribution < -0.4 is 14.8 Å². The van der Waals surface area contributed by atoms with E-state index in [1.165, 1.54) is 0 Å². The molecule has 0 aliphatic heterocycles. The second kappa shape index (κ2) is 9.62. The van der Waals surface area contributed by atoms with Gasteiger partial charge in [0.2, 0.25) is 5.91 Å². The Kier molecular flexibility index (Phi) is 7.51. The number of carbonyl (C=O) groups excluding carboxylic acids is 1. The Bertz CT molecular complexity index is 795. The van der Waals surface area contributed by atoms with Crippen LogP contribution in [0.1, 0.15) is 25.0 Å². The highest BCUT2D eigenvalue weighted by Crippen LogP contribution is 2.29. The SMILES string of the molecule is CCOc1ccc(CN(C)[C@H](C)C(=O)Nc2cccc(Cl)c2C)cc1OC. The smallest absolute Gasteiger partial charge is 0.241 e. The largest absolute Gasteiger partial charge is 0.493 e. The van der Waals surface area contributed by atoms with Crippen molar-refractivity contribution >= 4 is 23.2 Å². The molecule has 6 heteroatoms. The number of methoxy groups -OCH3 is 1. The van der Waals surface area contributed by atoms with Gasteiger partial charge in [0.15, 0.2) is 11.5 Å². The van der Waals surface area contributed by atoms with E-state index in [9.17, 15) is 4.79 Å². The van der Waals surface area contributed by atoms with Crippen molar-refractivity contribution in [1.29, 1.82) is 0 Å². The first-order valence-electron chi connectivity index (χ1n) is 8.93. The minimum Gasteiger partial charge on any atom is -0.493 e. The van der Waals surface area contributed by atoms with Gasteiger partial charge >= 0.3 is 0 Å². The predicted molar refractivity (Wildman–Crippen MR) is 110 cm³/mol. The maximum atomic E-state index is 12.6. The van der Waals surface area contributed by atoms with E-state index in [1.807, 2.05) is 63.1 Å². The van der Waals surface area contributed by atoms with Crippen LogP contribution >= 0.6 is 11.6 Å². The lowest BCUT2D eigenvalue weighted by Gasteiger charge is -2.24. The molecule has 0 saturated heterocycles. The number of rotatable bonds is 8. The van der Waals surface area contributed by atoms with Gasteiger partial charge in [-0.25, -0.2) is 0 Å². The number of nitrogens with zero attached hydrogens (tertiary/aromatic N) is 1. The summed E-state index contributed by atoms with van der Waals surface area (Å²) in [7, 11) is 3.53. The fraction of sp³-hybridized carbons (Fsp3) is 0.381. The molecule has 27 heavy (non-hydrogen) atoms. The Morgan fingerprint density at radius 2 is 2.00 bits per heavy atom. The summed E-state index contributed by atoms with van der Waals surface area (Å²) >= 11 is 6.13. The Labute approximate surface area is 166 Å². The van der Waals surface area contributed by atoms with Crippen LogP contribution in [0.4, 0.5) is 5.69 Å². The summed E-state index contributed by atoms with van der Waals surface area (Å²) in [6.45, 7) is 6.88. The van der Waals surface area contributed by atoms with Gasteiger partial charge in [-0.2, -0.15) is 0 Å². The number of likely N-dealkylation sites (N-methyl/N-ethyl adjacent to an activating group) is 1. The zero-order valence-corrected chi connectivity index (χ0v) is 17.3. The molecule has 1 atom stereocenters. The molecule has 5 nitrogen and oxygen atoms in total. The fourth-order valence-electron chi connectivity index (χ4n) is 2.69. The van der Waals surface area contributed by atoms with Crippen LogP contribution in [0.25, 0.3) is 0 Å². The van der Waals surface area contributed by atoms with Crippen LogP contribution in [0.2, 0.25) is 5.02 Å². The monoisotopic (exact) mass is 390 g/mol. The van der Waals surface area contributed by atoms with Gasteiger partial charge in [0, 0.05) is 17.3 Å².